The number of benzene rings is 1. The molecule has 1 aliphatic heterocycles. The lowest BCUT2D eigenvalue weighted by molar-refractivity contribution is -0.132. The molecule has 0 unspecified atom stereocenters. The fourth-order valence-corrected chi connectivity index (χ4v) is 3.08. The standard InChI is InChI=1S/C19H29F3N4O2.HI/c1-4-23-18(24-8-7-19(20,21)22)26-11-9-25(10-12-26)14-15-13-16(27-2)5-6-17(15)28-3;/h5-6,13H,4,7-12,14H2,1-3H3,(H,23,24);1H. The van der Waals surface area contributed by atoms with Crippen molar-refractivity contribution in [2.75, 3.05) is 53.5 Å². The maximum atomic E-state index is 12.4. The van der Waals surface area contributed by atoms with Crippen molar-refractivity contribution >= 4 is 29.9 Å². The average molecular weight is 530 g/mol. The Kier molecular flexibility index (Phi) is 10.9. The van der Waals surface area contributed by atoms with Gasteiger partial charge in [-0.15, -0.1) is 24.0 Å². The van der Waals surface area contributed by atoms with E-state index in [2.05, 4.69) is 15.2 Å². The highest BCUT2D eigenvalue weighted by Crippen LogP contribution is 2.25. The molecule has 1 N–H and O–H groups in total. The number of hydrogen-bond acceptors (Lipinski definition) is 4. The van der Waals surface area contributed by atoms with Crippen LogP contribution in [0.5, 0.6) is 11.5 Å². The molecule has 0 bridgehead atoms. The van der Waals surface area contributed by atoms with Crippen molar-refractivity contribution in [1.82, 2.24) is 15.1 Å². The molecule has 0 radical (unpaired) electrons. The summed E-state index contributed by atoms with van der Waals surface area (Å²) in [6.45, 7) is 5.95. The largest absolute Gasteiger partial charge is 0.497 e. The number of nitrogens with zero attached hydrogens (tertiary/aromatic N) is 3. The number of ether oxygens (including phenoxy) is 2. The van der Waals surface area contributed by atoms with Gasteiger partial charge in [0.05, 0.1) is 27.2 Å². The van der Waals surface area contributed by atoms with Crippen LogP contribution in [0.25, 0.3) is 0 Å². The van der Waals surface area contributed by atoms with Crippen LogP contribution in [-0.4, -0.2) is 75.4 Å². The van der Waals surface area contributed by atoms with E-state index in [9.17, 15) is 13.2 Å². The summed E-state index contributed by atoms with van der Waals surface area (Å²) in [4.78, 5) is 8.44. The molecule has 10 heteroatoms. The van der Waals surface area contributed by atoms with E-state index < -0.39 is 12.6 Å². The van der Waals surface area contributed by atoms with Gasteiger partial charge >= 0.3 is 6.18 Å². The van der Waals surface area contributed by atoms with Gasteiger partial charge < -0.3 is 19.7 Å². The molecular formula is C19H30F3IN4O2. The first kappa shape index (κ1) is 25.6. The van der Waals surface area contributed by atoms with Gasteiger partial charge in [0.15, 0.2) is 5.96 Å². The molecule has 1 aliphatic rings. The van der Waals surface area contributed by atoms with Crippen molar-refractivity contribution < 1.29 is 22.6 Å². The number of rotatable bonds is 7. The molecule has 0 atom stereocenters. The van der Waals surface area contributed by atoms with Crippen molar-refractivity contribution in [3.8, 4) is 11.5 Å². The summed E-state index contributed by atoms with van der Waals surface area (Å²) in [6.07, 6.45) is -5.09. The summed E-state index contributed by atoms with van der Waals surface area (Å²) >= 11 is 0. The molecule has 1 aromatic rings. The molecule has 1 fully saturated rings. The second-order valence-corrected chi connectivity index (χ2v) is 6.54. The van der Waals surface area contributed by atoms with E-state index in [1.165, 1.54) is 0 Å². The summed E-state index contributed by atoms with van der Waals surface area (Å²) in [6, 6.07) is 5.72. The molecule has 0 amide bonds. The predicted molar refractivity (Wildman–Crippen MR) is 118 cm³/mol. The molecule has 29 heavy (non-hydrogen) atoms. The molecule has 1 heterocycles. The number of methoxy groups -OCH3 is 2. The van der Waals surface area contributed by atoms with Crippen LogP contribution in [0.4, 0.5) is 13.2 Å². The lowest BCUT2D eigenvalue weighted by Crippen LogP contribution is -2.52. The van der Waals surface area contributed by atoms with E-state index in [4.69, 9.17) is 9.47 Å². The summed E-state index contributed by atoms with van der Waals surface area (Å²) in [5.41, 5.74) is 1.04. The highest BCUT2D eigenvalue weighted by atomic mass is 127. The van der Waals surface area contributed by atoms with Crippen LogP contribution >= 0.6 is 24.0 Å². The quantitative estimate of drug-likeness (QED) is 0.333. The molecule has 0 spiro atoms. The summed E-state index contributed by atoms with van der Waals surface area (Å²) in [5.74, 6) is 2.14. The molecule has 166 valence electrons. The van der Waals surface area contributed by atoms with Crippen LogP contribution < -0.4 is 14.8 Å². The normalized spacial score (nSPS) is 15.7. The molecule has 1 saturated heterocycles. The Labute approximate surface area is 187 Å². The smallest absolute Gasteiger partial charge is 0.390 e. The van der Waals surface area contributed by atoms with Crippen LogP contribution in [-0.2, 0) is 6.54 Å². The maximum absolute atomic E-state index is 12.4. The number of guanidine groups is 1. The summed E-state index contributed by atoms with van der Waals surface area (Å²) in [5, 5.41) is 3.09. The first-order valence-electron chi connectivity index (χ1n) is 9.39. The average Bonchev–Trinajstić information content (AvgIpc) is 2.67. The number of alkyl halides is 3. The lowest BCUT2D eigenvalue weighted by Gasteiger charge is -2.36. The Morgan fingerprint density at radius 1 is 1.14 bits per heavy atom. The number of nitrogens with one attached hydrogen (secondary N) is 1. The Morgan fingerprint density at radius 2 is 1.83 bits per heavy atom. The van der Waals surface area contributed by atoms with Gasteiger partial charge in [-0.1, -0.05) is 0 Å². The minimum atomic E-state index is -4.19. The predicted octanol–water partition coefficient (Wildman–Crippen LogP) is 3.36. The Bertz CT molecular complexity index is 651. The third-order valence-corrected chi connectivity index (χ3v) is 4.55. The van der Waals surface area contributed by atoms with Crippen LogP contribution in [0.15, 0.2) is 23.2 Å². The van der Waals surface area contributed by atoms with E-state index in [1.54, 1.807) is 14.2 Å². The SMILES string of the molecule is CCNC(=NCCC(F)(F)F)N1CCN(Cc2cc(OC)ccc2OC)CC1.I. The van der Waals surface area contributed by atoms with Crippen LogP contribution in [0.1, 0.15) is 18.9 Å². The van der Waals surface area contributed by atoms with Crippen molar-refractivity contribution in [2.45, 2.75) is 26.1 Å². The first-order chi connectivity index (χ1) is 13.4. The van der Waals surface area contributed by atoms with E-state index >= 15 is 0 Å². The highest BCUT2D eigenvalue weighted by Gasteiger charge is 2.27. The fourth-order valence-electron chi connectivity index (χ4n) is 3.08. The fraction of sp³-hybridized carbons (Fsp3) is 0.632. The van der Waals surface area contributed by atoms with E-state index in [-0.39, 0.29) is 30.5 Å². The third-order valence-electron chi connectivity index (χ3n) is 4.55. The Morgan fingerprint density at radius 3 is 2.38 bits per heavy atom. The number of piperazine rings is 1. The highest BCUT2D eigenvalue weighted by molar-refractivity contribution is 14.0. The van der Waals surface area contributed by atoms with Crippen molar-refractivity contribution in [2.24, 2.45) is 4.99 Å². The van der Waals surface area contributed by atoms with Crippen LogP contribution in [0.2, 0.25) is 0 Å². The molecule has 0 aromatic heterocycles. The van der Waals surface area contributed by atoms with Crippen molar-refractivity contribution in [1.29, 1.82) is 0 Å². The lowest BCUT2D eigenvalue weighted by atomic mass is 10.1. The number of aliphatic imine (C=N–C) groups is 1. The van der Waals surface area contributed by atoms with Gasteiger partial charge in [-0.05, 0) is 25.1 Å². The van der Waals surface area contributed by atoms with Crippen LogP contribution in [0, 0.1) is 0 Å². The van der Waals surface area contributed by atoms with Gasteiger partial charge in [0.2, 0.25) is 0 Å². The van der Waals surface area contributed by atoms with Gasteiger partial charge in [0, 0.05) is 44.8 Å². The Hall–Kier alpha value is -1.43. The topological polar surface area (TPSA) is 49.3 Å². The van der Waals surface area contributed by atoms with Crippen molar-refractivity contribution in [3.63, 3.8) is 0 Å². The van der Waals surface area contributed by atoms with Gasteiger partial charge in [-0.25, -0.2) is 0 Å². The number of halogens is 4. The molecular weight excluding hydrogens is 500 g/mol. The zero-order chi connectivity index (χ0) is 20.6. The molecule has 6 nitrogen and oxygen atoms in total. The molecule has 2 rings (SSSR count). The maximum Gasteiger partial charge on any atom is 0.390 e. The summed E-state index contributed by atoms with van der Waals surface area (Å²) < 4.78 is 47.9. The first-order valence-corrected chi connectivity index (χ1v) is 9.39. The summed E-state index contributed by atoms with van der Waals surface area (Å²) in [7, 11) is 3.27. The molecule has 0 saturated carbocycles. The minimum absolute atomic E-state index is 0. The minimum Gasteiger partial charge on any atom is -0.497 e. The van der Waals surface area contributed by atoms with Gasteiger partial charge in [-0.3, -0.25) is 9.89 Å². The van der Waals surface area contributed by atoms with Crippen LogP contribution in [0.3, 0.4) is 0 Å². The monoisotopic (exact) mass is 530 g/mol. The third kappa shape index (κ3) is 8.45. The Balaban J connectivity index is 0.00000420. The van der Waals surface area contributed by atoms with Gasteiger partial charge in [0.25, 0.3) is 0 Å². The van der Waals surface area contributed by atoms with E-state index in [0.717, 1.165) is 36.7 Å². The van der Waals surface area contributed by atoms with Crippen molar-refractivity contribution in [3.05, 3.63) is 23.8 Å². The zero-order valence-corrected chi connectivity index (χ0v) is 19.4. The zero-order valence-electron chi connectivity index (χ0n) is 17.1. The second kappa shape index (κ2) is 12.3. The van der Waals surface area contributed by atoms with Gasteiger partial charge in [0.1, 0.15) is 11.5 Å². The molecule has 1 aromatic carbocycles. The van der Waals surface area contributed by atoms with E-state index in [1.807, 2.05) is 30.0 Å². The molecule has 0 aliphatic carbocycles. The van der Waals surface area contributed by atoms with E-state index in [0.29, 0.717) is 25.6 Å². The number of hydrogen-bond donors (Lipinski definition) is 1. The second-order valence-electron chi connectivity index (χ2n) is 6.54. The van der Waals surface area contributed by atoms with Gasteiger partial charge in [-0.2, -0.15) is 13.2 Å².